The van der Waals surface area contributed by atoms with Crippen LogP contribution in [0.25, 0.3) is 0 Å². The van der Waals surface area contributed by atoms with E-state index >= 15 is 0 Å². The highest BCUT2D eigenvalue weighted by Gasteiger charge is 2.32. The van der Waals surface area contributed by atoms with Crippen LogP contribution in [0.1, 0.15) is 27.2 Å². The molecule has 0 saturated heterocycles. The van der Waals surface area contributed by atoms with E-state index in [1.807, 2.05) is 0 Å². The number of primary amides is 1. The van der Waals surface area contributed by atoms with Gasteiger partial charge in [0.05, 0.1) is 11.1 Å². The predicted molar refractivity (Wildman–Crippen MR) is 68.2 cm³/mol. The van der Waals surface area contributed by atoms with Crippen LogP contribution in [0.3, 0.4) is 0 Å². The van der Waals surface area contributed by atoms with Crippen molar-refractivity contribution in [2.24, 2.45) is 5.73 Å². The molecule has 2 rings (SSSR count). The molecular weight excluding hydrogens is 269 g/mol. The van der Waals surface area contributed by atoms with E-state index in [-0.39, 0.29) is 17.7 Å². The molecule has 0 aliphatic heterocycles. The van der Waals surface area contributed by atoms with Crippen LogP contribution in [0.5, 0.6) is 0 Å². The van der Waals surface area contributed by atoms with E-state index in [2.05, 4.69) is 0 Å². The summed E-state index contributed by atoms with van der Waals surface area (Å²) in [6.07, 6.45) is -2.94. The fourth-order valence-corrected chi connectivity index (χ4v) is 2.04. The van der Waals surface area contributed by atoms with Crippen molar-refractivity contribution in [1.82, 2.24) is 4.57 Å². The highest BCUT2D eigenvalue weighted by molar-refractivity contribution is 5.92. The van der Waals surface area contributed by atoms with Crippen molar-refractivity contribution >= 4 is 5.91 Å². The molecule has 2 N–H and O–H groups in total. The maximum Gasteiger partial charge on any atom is 0.416 e. The Kier molecular flexibility index (Phi) is 3.57. The van der Waals surface area contributed by atoms with Crippen molar-refractivity contribution in [3.8, 4) is 0 Å². The quantitative estimate of drug-likeness (QED) is 0.924. The van der Waals surface area contributed by atoms with Crippen LogP contribution in [0.4, 0.5) is 13.2 Å². The highest BCUT2D eigenvalue weighted by Crippen LogP contribution is 2.32. The SMILES string of the molecule is Cc1cc(C(N)=O)cn1Cc1ccccc1C(F)(F)F. The van der Waals surface area contributed by atoms with Gasteiger partial charge in [0.2, 0.25) is 5.91 Å². The van der Waals surface area contributed by atoms with Gasteiger partial charge in [0.15, 0.2) is 0 Å². The fraction of sp³-hybridized carbons (Fsp3) is 0.214. The molecule has 0 atom stereocenters. The lowest BCUT2D eigenvalue weighted by Gasteiger charge is -2.14. The second-order valence-electron chi connectivity index (χ2n) is 4.52. The van der Waals surface area contributed by atoms with Crippen LogP contribution in [0.2, 0.25) is 0 Å². The fourth-order valence-electron chi connectivity index (χ4n) is 2.04. The van der Waals surface area contributed by atoms with Crippen LogP contribution >= 0.6 is 0 Å². The van der Waals surface area contributed by atoms with E-state index in [0.29, 0.717) is 5.69 Å². The van der Waals surface area contributed by atoms with E-state index in [0.717, 1.165) is 6.07 Å². The first-order valence-corrected chi connectivity index (χ1v) is 5.90. The van der Waals surface area contributed by atoms with Gasteiger partial charge in [0.1, 0.15) is 0 Å². The number of hydrogen-bond acceptors (Lipinski definition) is 1. The predicted octanol–water partition coefficient (Wildman–Crippen LogP) is 2.96. The summed E-state index contributed by atoms with van der Waals surface area (Å²) in [4.78, 5) is 11.1. The van der Waals surface area contributed by atoms with Crippen molar-refractivity contribution in [1.29, 1.82) is 0 Å². The average Bonchev–Trinajstić information content (AvgIpc) is 2.71. The molecule has 0 radical (unpaired) electrons. The summed E-state index contributed by atoms with van der Waals surface area (Å²) in [6, 6.07) is 6.93. The third-order valence-corrected chi connectivity index (χ3v) is 3.06. The summed E-state index contributed by atoms with van der Waals surface area (Å²) in [5.74, 6) is -0.601. The van der Waals surface area contributed by atoms with Crippen LogP contribution < -0.4 is 5.73 Å². The van der Waals surface area contributed by atoms with Crippen molar-refractivity contribution in [3.63, 3.8) is 0 Å². The number of carbonyl (C=O) groups is 1. The number of alkyl halides is 3. The number of carbonyl (C=O) groups excluding carboxylic acids is 1. The zero-order chi connectivity index (χ0) is 14.9. The molecule has 0 spiro atoms. The second kappa shape index (κ2) is 5.03. The van der Waals surface area contributed by atoms with Gasteiger partial charge in [-0.3, -0.25) is 4.79 Å². The Hall–Kier alpha value is -2.24. The molecule has 0 bridgehead atoms. The number of nitrogens with zero attached hydrogens (tertiary/aromatic N) is 1. The minimum Gasteiger partial charge on any atom is -0.366 e. The molecule has 0 saturated carbocycles. The second-order valence-corrected chi connectivity index (χ2v) is 4.52. The molecule has 0 aliphatic carbocycles. The van der Waals surface area contributed by atoms with Gasteiger partial charge in [0, 0.05) is 18.4 Å². The summed E-state index contributed by atoms with van der Waals surface area (Å²) in [5, 5.41) is 0. The lowest BCUT2D eigenvalue weighted by molar-refractivity contribution is -0.138. The highest BCUT2D eigenvalue weighted by atomic mass is 19.4. The Labute approximate surface area is 113 Å². The summed E-state index contributed by atoms with van der Waals surface area (Å²) >= 11 is 0. The van der Waals surface area contributed by atoms with Gasteiger partial charge in [-0.1, -0.05) is 18.2 Å². The van der Waals surface area contributed by atoms with Crippen LogP contribution in [0, 0.1) is 6.92 Å². The maximum atomic E-state index is 12.9. The Balaban J connectivity index is 2.38. The smallest absolute Gasteiger partial charge is 0.366 e. The van der Waals surface area contributed by atoms with E-state index in [1.54, 1.807) is 23.6 Å². The Morgan fingerprint density at radius 2 is 1.95 bits per heavy atom. The lowest BCUT2D eigenvalue weighted by atomic mass is 10.1. The Bertz CT molecular complexity index is 644. The van der Waals surface area contributed by atoms with Crippen molar-refractivity contribution in [2.75, 3.05) is 0 Å². The van der Waals surface area contributed by atoms with Gasteiger partial charge in [-0.05, 0) is 24.6 Å². The van der Waals surface area contributed by atoms with Gasteiger partial charge in [0.25, 0.3) is 0 Å². The average molecular weight is 282 g/mol. The molecule has 0 unspecified atom stereocenters. The van der Waals surface area contributed by atoms with Gasteiger partial charge in [-0.2, -0.15) is 13.2 Å². The topological polar surface area (TPSA) is 48.0 Å². The third kappa shape index (κ3) is 2.84. The van der Waals surface area contributed by atoms with Crippen molar-refractivity contribution in [2.45, 2.75) is 19.6 Å². The molecule has 106 valence electrons. The minimum atomic E-state index is -4.40. The first-order valence-electron chi connectivity index (χ1n) is 5.90. The van der Waals surface area contributed by atoms with E-state index in [4.69, 9.17) is 5.73 Å². The van der Waals surface area contributed by atoms with E-state index < -0.39 is 17.6 Å². The zero-order valence-corrected chi connectivity index (χ0v) is 10.7. The van der Waals surface area contributed by atoms with Crippen LogP contribution in [-0.4, -0.2) is 10.5 Å². The number of rotatable bonds is 3. The number of aryl methyl sites for hydroxylation is 1. The molecule has 0 fully saturated rings. The summed E-state index contributed by atoms with van der Waals surface area (Å²) in [6.45, 7) is 1.75. The lowest BCUT2D eigenvalue weighted by Crippen LogP contribution is -2.12. The Morgan fingerprint density at radius 1 is 1.30 bits per heavy atom. The number of amides is 1. The van der Waals surface area contributed by atoms with Crippen molar-refractivity contribution < 1.29 is 18.0 Å². The number of nitrogens with two attached hydrogens (primary N) is 1. The van der Waals surface area contributed by atoms with E-state index in [9.17, 15) is 18.0 Å². The zero-order valence-electron chi connectivity index (χ0n) is 10.7. The molecule has 1 heterocycles. The largest absolute Gasteiger partial charge is 0.416 e. The number of aromatic nitrogens is 1. The molecule has 1 aromatic carbocycles. The maximum absolute atomic E-state index is 12.9. The minimum absolute atomic E-state index is 0.0365. The number of halogens is 3. The molecule has 1 amide bonds. The molecule has 6 heteroatoms. The van der Waals surface area contributed by atoms with Crippen LogP contribution in [-0.2, 0) is 12.7 Å². The summed E-state index contributed by atoms with van der Waals surface area (Å²) in [7, 11) is 0. The van der Waals surface area contributed by atoms with Gasteiger partial charge >= 0.3 is 6.18 Å². The summed E-state index contributed by atoms with van der Waals surface area (Å²) in [5.41, 5.74) is 5.59. The first kappa shape index (κ1) is 14.2. The van der Waals surface area contributed by atoms with E-state index in [1.165, 1.54) is 18.3 Å². The van der Waals surface area contributed by atoms with Gasteiger partial charge in [-0.15, -0.1) is 0 Å². The molecular formula is C14H13F3N2O. The molecule has 20 heavy (non-hydrogen) atoms. The number of hydrogen-bond donors (Lipinski definition) is 1. The monoisotopic (exact) mass is 282 g/mol. The number of benzene rings is 1. The standard InChI is InChI=1S/C14H13F3N2O/c1-9-6-11(13(18)20)8-19(9)7-10-4-2-3-5-12(10)14(15,16)17/h2-6,8H,7H2,1H3,(H2,18,20). The van der Waals surface area contributed by atoms with Gasteiger partial charge < -0.3 is 10.3 Å². The van der Waals surface area contributed by atoms with Crippen molar-refractivity contribution in [3.05, 3.63) is 58.9 Å². The first-order chi connectivity index (χ1) is 9.29. The third-order valence-electron chi connectivity index (χ3n) is 3.06. The molecule has 3 nitrogen and oxygen atoms in total. The van der Waals surface area contributed by atoms with Crippen LogP contribution in [0.15, 0.2) is 36.5 Å². The normalized spacial score (nSPS) is 11.6. The molecule has 0 aliphatic rings. The summed E-state index contributed by atoms with van der Waals surface area (Å²) < 4.78 is 40.3. The molecule has 2 aromatic rings. The Morgan fingerprint density at radius 3 is 2.50 bits per heavy atom. The van der Waals surface area contributed by atoms with Gasteiger partial charge in [-0.25, -0.2) is 0 Å². The molecule has 1 aromatic heterocycles.